The third-order valence-corrected chi connectivity index (χ3v) is 5.70. The van der Waals surface area contributed by atoms with Crippen molar-refractivity contribution in [2.75, 3.05) is 18.8 Å². The first-order valence-electron chi connectivity index (χ1n) is 7.99. The smallest absolute Gasteiger partial charge is 0.235 e. The highest BCUT2D eigenvalue weighted by Gasteiger charge is 2.27. The van der Waals surface area contributed by atoms with Crippen LogP contribution >= 0.6 is 0 Å². The molecule has 2 aromatic rings. The Morgan fingerprint density at radius 1 is 1.17 bits per heavy atom. The molecule has 126 valence electrons. The van der Waals surface area contributed by atoms with Gasteiger partial charge in [0.25, 0.3) is 0 Å². The fraction of sp³-hybridized carbons (Fsp3) is 0.333. The van der Waals surface area contributed by atoms with Crippen LogP contribution in [-0.2, 0) is 20.4 Å². The molecular weight excluding hydrogens is 324 g/mol. The Hall–Kier alpha value is -2.21. The Bertz CT molecular complexity index is 806. The lowest BCUT2D eigenvalue weighted by Gasteiger charge is -2.31. The number of fused-ring (bicyclic) bond motifs is 1. The molecule has 2 amide bonds. The molecule has 24 heavy (non-hydrogen) atoms. The van der Waals surface area contributed by atoms with E-state index in [1.165, 1.54) is 0 Å². The number of hydrogen-bond donors (Lipinski definition) is 1. The molecule has 1 aliphatic rings. The molecule has 0 radical (unpaired) electrons. The van der Waals surface area contributed by atoms with Gasteiger partial charge in [-0.25, -0.2) is 0 Å². The number of rotatable bonds is 4. The van der Waals surface area contributed by atoms with Crippen molar-refractivity contribution in [1.29, 1.82) is 0 Å². The summed E-state index contributed by atoms with van der Waals surface area (Å²) in [5.74, 6) is -0.920. The van der Waals surface area contributed by atoms with Gasteiger partial charge in [-0.05, 0) is 35.7 Å². The van der Waals surface area contributed by atoms with Crippen LogP contribution < -0.4 is 5.73 Å². The number of carbonyl (C=O) groups is 2. The number of primary amides is 1. The number of likely N-dealkylation sites (tertiary alicyclic amines) is 1. The maximum atomic E-state index is 12.5. The van der Waals surface area contributed by atoms with Crippen molar-refractivity contribution in [3.63, 3.8) is 0 Å². The number of hydrogen-bond acceptors (Lipinski definition) is 3. The van der Waals surface area contributed by atoms with E-state index in [0.29, 0.717) is 24.4 Å². The summed E-state index contributed by atoms with van der Waals surface area (Å²) in [6.07, 6.45) is 1.47. The Labute approximate surface area is 143 Å². The van der Waals surface area contributed by atoms with Crippen LogP contribution in [0.1, 0.15) is 12.8 Å². The van der Waals surface area contributed by atoms with E-state index in [9.17, 15) is 13.8 Å². The highest BCUT2D eigenvalue weighted by Crippen LogP contribution is 2.20. The predicted molar refractivity (Wildman–Crippen MR) is 93.7 cm³/mol. The minimum absolute atomic E-state index is 0.0657. The van der Waals surface area contributed by atoms with E-state index in [1.54, 1.807) is 11.0 Å². The SMILES string of the molecule is NC(=O)[C@H]1CCCN(C(=O)C[S@@](=O)c2ccc3ccccc3c2)C1. The highest BCUT2D eigenvalue weighted by molar-refractivity contribution is 7.85. The average molecular weight is 344 g/mol. The lowest BCUT2D eigenvalue weighted by Crippen LogP contribution is -2.45. The van der Waals surface area contributed by atoms with Crippen LogP contribution in [0.2, 0.25) is 0 Å². The van der Waals surface area contributed by atoms with Crippen molar-refractivity contribution >= 4 is 33.4 Å². The summed E-state index contributed by atoms with van der Waals surface area (Å²) in [6, 6.07) is 13.4. The molecule has 0 saturated carbocycles. The lowest BCUT2D eigenvalue weighted by atomic mass is 9.97. The third-order valence-electron chi connectivity index (χ3n) is 4.41. The first-order valence-corrected chi connectivity index (χ1v) is 9.31. The first kappa shape index (κ1) is 16.6. The minimum atomic E-state index is -1.40. The summed E-state index contributed by atoms with van der Waals surface area (Å²) in [5, 5.41) is 2.08. The number of benzene rings is 2. The molecule has 1 fully saturated rings. The predicted octanol–water partition coefficient (Wildman–Crippen LogP) is 1.67. The van der Waals surface area contributed by atoms with Gasteiger partial charge >= 0.3 is 0 Å². The molecule has 1 aliphatic heterocycles. The van der Waals surface area contributed by atoms with Gasteiger partial charge in [0.1, 0.15) is 5.75 Å². The Kier molecular flexibility index (Phi) is 4.94. The van der Waals surface area contributed by atoms with Gasteiger partial charge in [-0.2, -0.15) is 0 Å². The van der Waals surface area contributed by atoms with Gasteiger partial charge < -0.3 is 10.6 Å². The molecule has 1 heterocycles. The number of nitrogens with two attached hydrogens (primary N) is 1. The molecule has 2 atom stereocenters. The number of carbonyl (C=O) groups excluding carboxylic acids is 2. The van der Waals surface area contributed by atoms with E-state index in [0.717, 1.165) is 17.2 Å². The fourth-order valence-electron chi connectivity index (χ4n) is 3.03. The zero-order chi connectivity index (χ0) is 17.1. The lowest BCUT2D eigenvalue weighted by molar-refractivity contribution is -0.132. The molecular formula is C18H20N2O3S. The Morgan fingerprint density at radius 3 is 2.67 bits per heavy atom. The summed E-state index contributed by atoms with van der Waals surface area (Å²) in [6.45, 7) is 0.931. The molecule has 0 spiro atoms. The van der Waals surface area contributed by atoms with Gasteiger partial charge in [-0.3, -0.25) is 13.8 Å². The number of nitrogens with zero attached hydrogens (tertiary/aromatic N) is 1. The summed E-state index contributed by atoms with van der Waals surface area (Å²) in [7, 11) is -1.40. The van der Waals surface area contributed by atoms with Crippen LogP contribution in [-0.4, -0.2) is 39.8 Å². The molecule has 5 nitrogen and oxygen atoms in total. The molecule has 2 aromatic carbocycles. The van der Waals surface area contributed by atoms with Crippen LogP contribution in [0.15, 0.2) is 47.4 Å². The Morgan fingerprint density at radius 2 is 1.92 bits per heavy atom. The normalized spacial score (nSPS) is 19.2. The van der Waals surface area contributed by atoms with Crippen molar-refractivity contribution in [1.82, 2.24) is 4.90 Å². The summed E-state index contributed by atoms with van der Waals surface area (Å²) < 4.78 is 12.5. The van der Waals surface area contributed by atoms with Crippen molar-refractivity contribution in [3.05, 3.63) is 42.5 Å². The van der Waals surface area contributed by atoms with Crippen molar-refractivity contribution < 1.29 is 13.8 Å². The fourth-order valence-corrected chi connectivity index (χ4v) is 4.08. The van der Waals surface area contributed by atoms with E-state index in [1.807, 2.05) is 36.4 Å². The van der Waals surface area contributed by atoms with E-state index in [4.69, 9.17) is 5.73 Å². The summed E-state index contributed by atoms with van der Waals surface area (Å²) in [4.78, 5) is 26.0. The quantitative estimate of drug-likeness (QED) is 0.916. The molecule has 0 aromatic heterocycles. The Balaban J connectivity index is 1.68. The van der Waals surface area contributed by atoms with Crippen molar-refractivity contribution in [3.8, 4) is 0 Å². The molecule has 0 aliphatic carbocycles. The second-order valence-corrected chi connectivity index (χ2v) is 7.53. The molecule has 1 saturated heterocycles. The van der Waals surface area contributed by atoms with Gasteiger partial charge in [-0.1, -0.05) is 30.3 Å². The number of piperidine rings is 1. The maximum absolute atomic E-state index is 12.5. The van der Waals surface area contributed by atoms with Crippen LogP contribution in [0.5, 0.6) is 0 Å². The van der Waals surface area contributed by atoms with Gasteiger partial charge in [0.15, 0.2) is 0 Å². The van der Waals surface area contributed by atoms with E-state index in [2.05, 4.69) is 0 Å². The largest absolute Gasteiger partial charge is 0.369 e. The summed E-state index contributed by atoms with van der Waals surface area (Å²) in [5.41, 5.74) is 5.34. The minimum Gasteiger partial charge on any atom is -0.369 e. The van der Waals surface area contributed by atoms with Crippen molar-refractivity contribution in [2.24, 2.45) is 11.7 Å². The monoisotopic (exact) mass is 344 g/mol. The standard InChI is InChI=1S/C18H20N2O3S/c19-18(22)15-6-3-9-20(11-15)17(21)12-24(23)16-8-7-13-4-1-2-5-14(13)10-16/h1-2,4-5,7-8,10,15H,3,6,9,11-12H2,(H2,19,22)/t15-,24+/m0/s1. The van der Waals surface area contributed by atoms with Gasteiger partial charge in [0.05, 0.1) is 16.7 Å². The molecule has 6 heteroatoms. The van der Waals surface area contributed by atoms with Crippen LogP contribution in [0.25, 0.3) is 10.8 Å². The average Bonchev–Trinajstić information content (AvgIpc) is 2.61. The molecule has 0 bridgehead atoms. The molecule has 3 rings (SSSR count). The van der Waals surface area contributed by atoms with E-state index < -0.39 is 10.8 Å². The highest BCUT2D eigenvalue weighted by atomic mass is 32.2. The van der Waals surface area contributed by atoms with Gasteiger partial charge in [0, 0.05) is 18.0 Å². The van der Waals surface area contributed by atoms with Crippen molar-refractivity contribution in [2.45, 2.75) is 17.7 Å². The van der Waals surface area contributed by atoms with Crippen LogP contribution in [0, 0.1) is 5.92 Å². The first-order chi connectivity index (χ1) is 11.5. The maximum Gasteiger partial charge on any atom is 0.235 e. The topological polar surface area (TPSA) is 80.5 Å². The zero-order valence-corrected chi connectivity index (χ0v) is 14.1. The second kappa shape index (κ2) is 7.13. The number of amides is 2. The van der Waals surface area contributed by atoms with Gasteiger partial charge in [0.2, 0.25) is 11.8 Å². The second-order valence-electron chi connectivity index (χ2n) is 6.08. The third kappa shape index (κ3) is 3.64. The molecule has 2 N–H and O–H groups in total. The van der Waals surface area contributed by atoms with E-state index >= 15 is 0 Å². The van der Waals surface area contributed by atoms with Crippen LogP contribution in [0.3, 0.4) is 0 Å². The van der Waals surface area contributed by atoms with Gasteiger partial charge in [-0.15, -0.1) is 0 Å². The van der Waals surface area contributed by atoms with E-state index in [-0.39, 0.29) is 23.5 Å². The zero-order valence-electron chi connectivity index (χ0n) is 13.3. The molecule has 0 unspecified atom stereocenters. The van der Waals surface area contributed by atoms with Crippen LogP contribution in [0.4, 0.5) is 0 Å². The summed E-state index contributed by atoms with van der Waals surface area (Å²) >= 11 is 0.